The van der Waals surface area contributed by atoms with Gasteiger partial charge in [0, 0.05) is 31.7 Å². The number of likely N-dealkylation sites (tertiary alicyclic amines) is 1. The van der Waals surface area contributed by atoms with Gasteiger partial charge in [-0.05, 0) is 43.0 Å². The summed E-state index contributed by atoms with van der Waals surface area (Å²) in [5.74, 6) is 2.10. The van der Waals surface area contributed by atoms with Gasteiger partial charge in [-0.3, -0.25) is 14.6 Å². The Morgan fingerprint density at radius 1 is 0.931 bits per heavy atom. The molecule has 3 aliphatic rings. The Kier molecular flexibility index (Phi) is 5.16. The van der Waals surface area contributed by atoms with E-state index in [9.17, 15) is 4.79 Å². The van der Waals surface area contributed by atoms with Gasteiger partial charge in [0.1, 0.15) is 11.5 Å². The van der Waals surface area contributed by atoms with Crippen LogP contribution in [0.3, 0.4) is 0 Å². The van der Waals surface area contributed by atoms with Crippen LogP contribution in [0.15, 0.2) is 40.8 Å². The number of furan rings is 1. The molecule has 0 aliphatic carbocycles. The molecule has 154 valence electrons. The summed E-state index contributed by atoms with van der Waals surface area (Å²) in [6.07, 6.45) is 2.94. The molecule has 4 heterocycles. The van der Waals surface area contributed by atoms with E-state index in [1.807, 2.05) is 18.2 Å². The van der Waals surface area contributed by atoms with E-state index in [2.05, 4.69) is 33.3 Å². The molecule has 1 aromatic heterocycles. The number of nitrogens with zero attached hydrogens (tertiary/aromatic N) is 2. The smallest absolute Gasteiger partial charge is 0.252 e. The van der Waals surface area contributed by atoms with Crippen LogP contribution in [-0.2, 0) is 24.2 Å². The van der Waals surface area contributed by atoms with Gasteiger partial charge in [0.15, 0.2) is 0 Å². The number of hydrogen-bond acceptors (Lipinski definition) is 5. The highest BCUT2D eigenvalue weighted by Gasteiger charge is 2.41. The first kappa shape index (κ1) is 18.9. The van der Waals surface area contributed by atoms with Crippen LogP contribution in [0.2, 0.25) is 0 Å². The van der Waals surface area contributed by atoms with Gasteiger partial charge in [-0.2, -0.15) is 0 Å². The van der Waals surface area contributed by atoms with Crippen molar-refractivity contribution in [2.75, 3.05) is 39.4 Å². The first-order chi connectivity index (χ1) is 14.2. The minimum atomic E-state index is -0.126. The van der Waals surface area contributed by atoms with Gasteiger partial charge in [0.25, 0.3) is 5.91 Å². The van der Waals surface area contributed by atoms with Crippen LogP contribution < -0.4 is 5.32 Å². The van der Waals surface area contributed by atoms with E-state index in [1.54, 1.807) is 0 Å². The molecule has 1 atom stereocenters. The van der Waals surface area contributed by atoms with Crippen LogP contribution >= 0.6 is 0 Å². The second-order valence-electron chi connectivity index (χ2n) is 8.61. The summed E-state index contributed by atoms with van der Waals surface area (Å²) in [6.45, 7) is 7.05. The number of morpholine rings is 1. The van der Waals surface area contributed by atoms with Crippen molar-refractivity contribution in [3.63, 3.8) is 0 Å². The van der Waals surface area contributed by atoms with Crippen molar-refractivity contribution in [3.8, 4) is 0 Å². The van der Waals surface area contributed by atoms with Crippen molar-refractivity contribution in [1.29, 1.82) is 0 Å². The number of nitrogens with one attached hydrogen (secondary N) is 1. The van der Waals surface area contributed by atoms with Crippen molar-refractivity contribution in [1.82, 2.24) is 15.1 Å². The van der Waals surface area contributed by atoms with E-state index in [0.29, 0.717) is 0 Å². The summed E-state index contributed by atoms with van der Waals surface area (Å²) in [5, 5.41) is 3.36. The molecule has 0 radical (unpaired) electrons. The summed E-state index contributed by atoms with van der Waals surface area (Å²) in [4.78, 5) is 17.5. The van der Waals surface area contributed by atoms with Crippen LogP contribution in [0, 0.1) is 0 Å². The van der Waals surface area contributed by atoms with E-state index in [0.717, 1.165) is 88.8 Å². The van der Waals surface area contributed by atoms with Crippen molar-refractivity contribution >= 4 is 5.91 Å². The third kappa shape index (κ3) is 4.10. The van der Waals surface area contributed by atoms with E-state index >= 15 is 0 Å². The molecule has 1 spiro atoms. The van der Waals surface area contributed by atoms with E-state index in [1.165, 1.54) is 5.56 Å². The zero-order valence-electron chi connectivity index (χ0n) is 16.9. The van der Waals surface area contributed by atoms with Crippen LogP contribution in [0.5, 0.6) is 0 Å². The number of amides is 1. The van der Waals surface area contributed by atoms with Gasteiger partial charge >= 0.3 is 0 Å². The highest BCUT2D eigenvalue weighted by molar-refractivity contribution is 5.96. The van der Waals surface area contributed by atoms with Crippen molar-refractivity contribution in [2.45, 2.75) is 37.9 Å². The molecule has 1 amide bonds. The first-order valence-corrected chi connectivity index (χ1v) is 10.7. The number of hydrogen-bond donors (Lipinski definition) is 1. The lowest BCUT2D eigenvalue weighted by molar-refractivity contribution is 0.0311. The van der Waals surface area contributed by atoms with Crippen molar-refractivity contribution in [2.24, 2.45) is 0 Å². The van der Waals surface area contributed by atoms with Crippen molar-refractivity contribution < 1.29 is 13.9 Å². The average Bonchev–Trinajstić information content (AvgIpc) is 3.31. The maximum Gasteiger partial charge on any atom is 0.252 e. The molecule has 29 heavy (non-hydrogen) atoms. The average molecular weight is 396 g/mol. The lowest BCUT2D eigenvalue weighted by Gasteiger charge is -2.29. The first-order valence-electron chi connectivity index (χ1n) is 10.7. The molecular weight excluding hydrogens is 366 g/mol. The van der Waals surface area contributed by atoms with Gasteiger partial charge in [-0.25, -0.2) is 0 Å². The minimum absolute atomic E-state index is 0.0748. The highest BCUT2D eigenvalue weighted by Crippen LogP contribution is 2.31. The molecule has 1 aromatic carbocycles. The summed E-state index contributed by atoms with van der Waals surface area (Å²) < 4.78 is 11.5. The monoisotopic (exact) mass is 395 g/mol. The van der Waals surface area contributed by atoms with Gasteiger partial charge in [0.2, 0.25) is 0 Å². The molecule has 1 unspecified atom stereocenters. The Bertz CT molecular complexity index is 874. The summed E-state index contributed by atoms with van der Waals surface area (Å²) >= 11 is 0. The van der Waals surface area contributed by atoms with Gasteiger partial charge < -0.3 is 14.5 Å². The fourth-order valence-corrected chi connectivity index (χ4v) is 4.90. The SMILES string of the molecule is O=C1NC2(CCc3ccccc31)CCN(Cc1ccc(CN3CCOCC3)o1)C2. The topological polar surface area (TPSA) is 58.0 Å². The molecule has 6 nitrogen and oxygen atoms in total. The third-order valence-electron chi connectivity index (χ3n) is 6.53. The second-order valence-corrected chi connectivity index (χ2v) is 8.61. The van der Waals surface area contributed by atoms with Crippen LogP contribution in [0.25, 0.3) is 0 Å². The molecule has 6 heteroatoms. The summed E-state index contributed by atoms with van der Waals surface area (Å²) in [5.41, 5.74) is 1.88. The number of carbonyl (C=O) groups excluding carboxylic acids is 1. The number of fused-ring (bicyclic) bond motifs is 1. The standard InChI is InChI=1S/C23H29N3O3/c27-22-21-4-2-1-3-18(21)7-8-23(24-22)9-10-26(17-23)16-20-6-5-19(29-20)15-25-11-13-28-14-12-25/h1-6H,7-17H2,(H,24,27). The Morgan fingerprint density at radius 2 is 1.69 bits per heavy atom. The normalized spacial score (nSPS) is 25.7. The third-order valence-corrected chi connectivity index (χ3v) is 6.53. The van der Waals surface area contributed by atoms with Crippen LogP contribution in [-0.4, -0.2) is 60.6 Å². The Morgan fingerprint density at radius 3 is 2.52 bits per heavy atom. The van der Waals surface area contributed by atoms with Gasteiger partial charge in [-0.15, -0.1) is 0 Å². The van der Waals surface area contributed by atoms with E-state index in [-0.39, 0.29) is 11.4 Å². The zero-order valence-corrected chi connectivity index (χ0v) is 16.9. The fraction of sp³-hybridized carbons (Fsp3) is 0.522. The maximum absolute atomic E-state index is 12.8. The lowest BCUT2D eigenvalue weighted by atomic mass is 9.91. The number of carbonyl (C=O) groups is 1. The molecule has 1 N–H and O–H groups in total. The Balaban J connectivity index is 1.20. The lowest BCUT2D eigenvalue weighted by Crippen LogP contribution is -2.49. The van der Waals surface area contributed by atoms with Gasteiger partial charge in [0.05, 0.1) is 31.8 Å². The van der Waals surface area contributed by atoms with Gasteiger partial charge in [-0.1, -0.05) is 18.2 Å². The molecule has 2 aromatic rings. The number of aryl methyl sites for hydroxylation is 1. The second kappa shape index (κ2) is 7.94. The molecule has 0 saturated carbocycles. The quantitative estimate of drug-likeness (QED) is 0.862. The zero-order chi connectivity index (χ0) is 19.7. The van der Waals surface area contributed by atoms with E-state index < -0.39 is 0 Å². The largest absolute Gasteiger partial charge is 0.463 e. The summed E-state index contributed by atoms with van der Waals surface area (Å²) in [7, 11) is 0. The molecule has 3 aliphatic heterocycles. The molecule has 5 rings (SSSR count). The summed E-state index contributed by atoms with van der Waals surface area (Å²) in [6, 6.07) is 12.2. The molecule has 2 fully saturated rings. The number of benzene rings is 1. The van der Waals surface area contributed by atoms with Crippen LogP contribution in [0.1, 0.15) is 40.3 Å². The van der Waals surface area contributed by atoms with Crippen LogP contribution in [0.4, 0.5) is 0 Å². The molecular formula is C23H29N3O3. The molecule has 0 bridgehead atoms. The number of ether oxygens (including phenoxy) is 1. The Labute approximate surface area is 171 Å². The fourth-order valence-electron chi connectivity index (χ4n) is 4.90. The predicted molar refractivity (Wildman–Crippen MR) is 110 cm³/mol. The molecule has 2 saturated heterocycles. The highest BCUT2D eigenvalue weighted by atomic mass is 16.5. The maximum atomic E-state index is 12.8. The minimum Gasteiger partial charge on any atom is -0.463 e. The predicted octanol–water partition coefficient (Wildman–Crippen LogP) is 2.43. The van der Waals surface area contributed by atoms with E-state index in [4.69, 9.17) is 9.15 Å². The number of rotatable bonds is 4. The Hall–Kier alpha value is -2.15. The van der Waals surface area contributed by atoms with Crippen molar-refractivity contribution in [3.05, 3.63) is 59.0 Å².